The number of rotatable bonds is 6. The van der Waals surface area contributed by atoms with Crippen LogP contribution in [0.4, 0.5) is 0 Å². The highest BCUT2D eigenvalue weighted by Gasteiger charge is 2.26. The summed E-state index contributed by atoms with van der Waals surface area (Å²) in [5, 5.41) is 9.85. The van der Waals surface area contributed by atoms with Gasteiger partial charge in [-0.1, -0.05) is 41.4 Å². The Balaban J connectivity index is 1.82. The molecule has 0 aromatic heterocycles. The molecule has 0 radical (unpaired) electrons. The third-order valence-electron chi connectivity index (χ3n) is 4.48. The molecule has 1 atom stereocenters. The Labute approximate surface area is 162 Å². The SMILES string of the molecule is O=C(O)C(CNS(=O)(=O)c1ccc(Cl)cc1Cl)c1ccc2c(c1)CCC2. The minimum absolute atomic E-state index is 0.0191. The van der Waals surface area contributed by atoms with Crippen LogP contribution in [0.25, 0.3) is 0 Å². The molecule has 1 aliphatic carbocycles. The first-order chi connectivity index (χ1) is 12.3. The van der Waals surface area contributed by atoms with Gasteiger partial charge in [0.2, 0.25) is 10.0 Å². The number of halogens is 2. The van der Waals surface area contributed by atoms with E-state index in [4.69, 9.17) is 23.2 Å². The van der Waals surface area contributed by atoms with Gasteiger partial charge >= 0.3 is 5.97 Å². The molecule has 5 nitrogen and oxygen atoms in total. The molecule has 138 valence electrons. The molecule has 1 aliphatic rings. The lowest BCUT2D eigenvalue weighted by atomic mass is 9.96. The Kier molecular flexibility index (Phi) is 5.58. The second-order valence-corrected chi connectivity index (χ2v) is 8.78. The van der Waals surface area contributed by atoms with Crippen molar-refractivity contribution in [1.82, 2.24) is 4.72 Å². The molecular formula is C18H17Cl2NO4S. The number of hydrogen-bond donors (Lipinski definition) is 2. The summed E-state index contributed by atoms with van der Waals surface area (Å²) in [5.41, 5.74) is 2.95. The second-order valence-electron chi connectivity index (χ2n) is 6.20. The van der Waals surface area contributed by atoms with Crippen molar-refractivity contribution in [2.75, 3.05) is 6.54 Å². The molecule has 0 saturated carbocycles. The fourth-order valence-corrected chi connectivity index (χ4v) is 4.94. The van der Waals surface area contributed by atoms with Crippen LogP contribution in [0.2, 0.25) is 10.0 Å². The van der Waals surface area contributed by atoms with Gasteiger partial charge in [-0.3, -0.25) is 4.79 Å². The van der Waals surface area contributed by atoms with Crippen LogP contribution in [-0.4, -0.2) is 26.0 Å². The van der Waals surface area contributed by atoms with Crippen LogP contribution < -0.4 is 4.72 Å². The summed E-state index contributed by atoms with van der Waals surface area (Å²) in [4.78, 5) is 11.5. The quantitative estimate of drug-likeness (QED) is 0.756. The summed E-state index contributed by atoms with van der Waals surface area (Å²) >= 11 is 11.7. The normalized spacial score (nSPS) is 14.8. The maximum atomic E-state index is 12.5. The van der Waals surface area contributed by atoms with Crippen LogP contribution in [0.3, 0.4) is 0 Å². The van der Waals surface area contributed by atoms with Gasteiger partial charge in [0.25, 0.3) is 0 Å². The molecule has 0 amide bonds. The number of hydrogen-bond acceptors (Lipinski definition) is 3. The smallest absolute Gasteiger partial charge is 0.312 e. The van der Waals surface area contributed by atoms with E-state index in [9.17, 15) is 18.3 Å². The number of benzene rings is 2. The Morgan fingerprint density at radius 1 is 1.12 bits per heavy atom. The maximum absolute atomic E-state index is 12.5. The topological polar surface area (TPSA) is 83.5 Å². The molecule has 2 aromatic rings. The summed E-state index contributed by atoms with van der Waals surface area (Å²) < 4.78 is 27.3. The zero-order chi connectivity index (χ0) is 18.9. The fourth-order valence-electron chi connectivity index (χ4n) is 3.12. The van der Waals surface area contributed by atoms with Crippen LogP contribution in [0.1, 0.15) is 29.0 Å². The van der Waals surface area contributed by atoms with Crippen molar-refractivity contribution < 1.29 is 18.3 Å². The molecule has 3 rings (SSSR count). The van der Waals surface area contributed by atoms with E-state index in [0.717, 1.165) is 24.8 Å². The van der Waals surface area contributed by atoms with Crippen LogP contribution in [0.5, 0.6) is 0 Å². The Bertz CT molecular complexity index is 960. The summed E-state index contributed by atoms with van der Waals surface area (Å²) in [6.07, 6.45) is 2.97. The third kappa shape index (κ3) is 4.04. The molecule has 0 bridgehead atoms. The van der Waals surface area contributed by atoms with E-state index in [1.807, 2.05) is 12.1 Å². The molecular weight excluding hydrogens is 397 g/mol. The van der Waals surface area contributed by atoms with E-state index in [1.54, 1.807) is 6.07 Å². The van der Waals surface area contributed by atoms with Crippen molar-refractivity contribution in [3.05, 3.63) is 63.1 Å². The number of sulfonamides is 1. The first-order valence-electron chi connectivity index (χ1n) is 8.07. The van der Waals surface area contributed by atoms with Gasteiger partial charge in [-0.25, -0.2) is 13.1 Å². The van der Waals surface area contributed by atoms with Crippen molar-refractivity contribution in [2.24, 2.45) is 0 Å². The van der Waals surface area contributed by atoms with Crippen LogP contribution >= 0.6 is 23.2 Å². The van der Waals surface area contributed by atoms with E-state index in [1.165, 1.54) is 23.8 Å². The van der Waals surface area contributed by atoms with Gasteiger partial charge in [0.05, 0.1) is 10.9 Å². The molecule has 0 spiro atoms. The summed E-state index contributed by atoms with van der Waals surface area (Å²) in [7, 11) is -3.96. The van der Waals surface area contributed by atoms with Crippen molar-refractivity contribution in [3.63, 3.8) is 0 Å². The highest BCUT2D eigenvalue weighted by Crippen LogP contribution is 2.28. The molecule has 2 aromatic carbocycles. The van der Waals surface area contributed by atoms with Gasteiger partial charge in [0.15, 0.2) is 0 Å². The molecule has 0 aliphatic heterocycles. The summed E-state index contributed by atoms with van der Waals surface area (Å²) in [5.74, 6) is -2.07. The van der Waals surface area contributed by atoms with Gasteiger partial charge in [0, 0.05) is 11.6 Å². The van der Waals surface area contributed by atoms with Crippen LogP contribution in [0, 0.1) is 0 Å². The zero-order valence-corrected chi connectivity index (χ0v) is 16.0. The summed E-state index contributed by atoms with van der Waals surface area (Å²) in [6, 6.07) is 9.58. The minimum atomic E-state index is -3.96. The molecule has 1 unspecified atom stereocenters. The van der Waals surface area contributed by atoms with Gasteiger partial charge in [-0.05, 0) is 54.2 Å². The molecule has 8 heteroatoms. The number of carboxylic acids is 1. The Hall–Kier alpha value is -1.60. The van der Waals surface area contributed by atoms with Crippen molar-refractivity contribution >= 4 is 39.2 Å². The standard InChI is InChI=1S/C18H17Cl2NO4S/c19-14-6-7-17(16(20)9-14)26(24,25)21-10-15(18(22)23)13-5-4-11-2-1-3-12(11)8-13/h4-9,15,21H,1-3,10H2,(H,22,23). The van der Waals surface area contributed by atoms with E-state index in [2.05, 4.69) is 4.72 Å². The van der Waals surface area contributed by atoms with E-state index < -0.39 is 21.9 Å². The van der Waals surface area contributed by atoms with E-state index in [-0.39, 0.29) is 16.5 Å². The maximum Gasteiger partial charge on any atom is 0.312 e. The van der Waals surface area contributed by atoms with E-state index in [0.29, 0.717) is 10.6 Å². The highest BCUT2D eigenvalue weighted by molar-refractivity contribution is 7.89. The average Bonchev–Trinajstić information content (AvgIpc) is 3.02. The summed E-state index contributed by atoms with van der Waals surface area (Å²) in [6.45, 7) is -0.268. The fraction of sp³-hybridized carbons (Fsp3) is 0.278. The number of carbonyl (C=O) groups is 1. The molecule has 0 heterocycles. The lowest BCUT2D eigenvalue weighted by molar-refractivity contribution is -0.138. The van der Waals surface area contributed by atoms with E-state index >= 15 is 0 Å². The first-order valence-corrected chi connectivity index (χ1v) is 10.3. The lowest BCUT2D eigenvalue weighted by Crippen LogP contribution is -2.32. The average molecular weight is 414 g/mol. The number of nitrogens with one attached hydrogen (secondary N) is 1. The van der Waals surface area contributed by atoms with Crippen LogP contribution in [-0.2, 0) is 27.7 Å². The highest BCUT2D eigenvalue weighted by atomic mass is 35.5. The predicted molar refractivity (Wildman–Crippen MR) is 100 cm³/mol. The van der Waals surface area contributed by atoms with Crippen LogP contribution in [0.15, 0.2) is 41.3 Å². The second kappa shape index (κ2) is 7.56. The van der Waals surface area contributed by atoms with Crippen molar-refractivity contribution in [2.45, 2.75) is 30.1 Å². The molecule has 0 fully saturated rings. The molecule has 26 heavy (non-hydrogen) atoms. The largest absolute Gasteiger partial charge is 0.481 e. The number of fused-ring (bicyclic) bond motifs is 1. The molecule has 2 N–H and O–H groups in total. The van der Waals surface area contributed by atoms with Gasteiger partial charge in [-0.15, -0.1) is 0 Å². The zero-order valence-electron chi connectivity index (χ0n) is 13.7. The number of aliphatic carboxylic acids is 1. The molecule has 0 saturated heterocycles. The third-order valence-corrected chi connectivity index (χ3v) is 6.63. The number of carboxylic acid groups (broad SMARTS) is 1. The predicted octanol–water partition coefficient (Wildman–Crippen LogP) is 3.63. The monoisotopic (exact) mass is 413 g/mol. The van der Waals surface area contributed by atoms with Gasteiger partial charge in [0.1, 0.15) is 4.90 Å². The Morgan fingerprint density at radius 3 is 2.54 bits per heavy atom. The van der Waals surface area contributed by atoms with Gasteiger partial charge in [-0.2, -0.15) is 0 Å². The Morgan fingerprint density at radius 2 is 1.85 bits per heavy atom. The first kappa shape index (κ1) is 19.2. The van der Waals surface area contributed by atoms with Crippen molar-refractivity contribution in [1.29, 1.82) is 0 Å². The number of aryl methyl sites for hydroxylation is 2. The van der Waals surface area contributed by atoms with Crippen molar-refractivity contribution in [3.8, 4) is 0 Å². The lowest BCUT2D eigenvalue weighted by Gasteiger charge is -2.16. The minimum Gasteiger partial charge on any atom is -0.481 e. The van der Waals surface area contributed by atoms with Gasteiger partial charge < -0.3 is 5.11 Å².